The highest BCUT2D eigenvalue weighted by molar-refractivity contribution is 9.11. The van der Waals surface area contributed by atoms with Crippen LogP contribution in [0.1, 0.15) is 20.8 Å². The van der Waals surface area contributed by atoms with Crippen LogP contribution in [0.25, 0.3) is 10.8 Å². The van der Waals surface area contributed by atoms with E-state index < -0.39 is 0 Å². The topological polar surface area (TPSA) is 26.3 Å². The van der Waals surface area contributed by atoms with Crippen molar-refractivity contribution < 1.29 is 9.53 Å². The molecule has 0 atom stereocenters. The average Bonchev–Trinajstić information content (AvgIpc) is 2.85. The number of aryl methyl sites for hydroxylation is 1. The minimum atomic E-state index is 0.0488. The Balaban J connectivity index is 2.19. The van der Waals surface area contributed by atoms with Gasteiger partial charge >= 0.3 is 0 Å². The number of methoxy groups -OCH3 is 1. The van der Waals surface area contributed by atoms with Crippen molar-refractivity contribution in [2.45, 2.75) is 6.92 Å². The first-order chi connectivity index (χ1) is 10.1. The van der Waals surface area contributed by atoms with E-state index in [0.717, 1.165) is 30.7 Å². The Kier molecular flexibility index (Phi) is 3.83. The lowest BCUT2D eigenvalue weighted by molar-refractivity contribution is 0.104. The van der Waals surface area contributed by atoms with Crippen molar-refractivity contribution >= 4 is 43.8 Å². The van der Waals surface area contributed by atoms with Crippen molar-refractivity contribution in [1.82, 2.24) is 0 Å². The molecular weight excluding hydrogens is 348 g/mol. The summed E-state index contributed by atoms with van der Waals surface area (Å²) in [4.78, 5) is 13.5. The summed E-state index contributed by atoms with van der Waals surface area (Å²) in [6.45, 7) is 1.99. The Morgan fingerprint density at radius 1 is 1.14 bits per heavy atom. The number of hydrogen-bond acceptors (Lipinski definition) is 3. The SMILES string of the molecule is COc1ccc(C(=O)c2cc(C)c(Br)s2)c2ccccc12. The van der Waals surface area contributed by atoms with Gasteiger partial charge in [-0.3, -0.25) is 4.79 Å². The summed E-state index contributed by atoms with van der Waals surface area (Å²) in [6.07, 6.45) is 0. The van der Waals surface area contributed by atoms with Crippen molar-refractivity contribution in [3.05, 3.63) is 62.3 Å². The predicted molar refractivity (Wildman–Crippen MR) is 90.7 cm³/mol. The van der Waals surface area contributed by atoms with Crippen molar-refractivity contribution in [2.24, 2.45) is 0 Å². The highest BCUT2D eigenvalue weighted by Gasteiger charge is 2.17. The van der Waals surface area contributed by atoms with Crippen molar-refractivity contribution in [2.75, 3.05) is 7.11 Å². The summed E-state index contributed by atoms with van der Waals surface area (Å²) in [5.41, 5.74) is 1.79. The maximum Gasteiger partial charge on any atom is 0.203 e. The van der Waals surface area contributed by atoms with Crippen LogP contribution in [-0.4, -0.2) is 12.9 Å². The summed E-state index contributed by atoms with van der Waals surface area (Å²) in [7, 11) is 1.64. The van der Waals surface area contributed by atoms with Crippen LogP contribution in [0.4, 0.5) is 0 Å². The van der Waals surface area contributed by atoms with Gasteiger partial charge in [0.25, 0.3) is 0 Å². The molecule has 2 nitrogen and oxygen atoms in total. The maximum absolute atomic E-state index is 12.8. The molecule has 0 aliphatic rings. The van der Waals surface area contributed by atoms with Crippen LogP contribution in [0.15, 0.2) is 46.3 Å². The van der Waals surface area contributed by atoms with Gasteiger partial charge in [0.15, 0.2) is 0 Å². The van der Waals surface area contributed by atoms with Gasteiger partial charge in [-0.15, -0.1) is 11.3 Å². The zero-order valence-electron chi connectivity index (χ0n) is 11.6. The van der Waals surface area contributed by atoms with Gasteiger partial charge in [0.05, 0.1) is 15.8 Å². The number of ketones is 1. The van der Waals surface area contributed by atoms with Crippen LogP contribution in [0, 0.1) is 6.92 Å². The van der Waals surface area contributed by atoms with Crippen LogP contribution in [0.3, 0.4) is 0 Å². The van der Waals surface area contributed by atoms with Gasteiger partial charge in [-0.1, -0.05) is 24.3 Å². The molecule has 0 N–H and O–H groups in total. The third-order valence-corrected chi connectivity index (χ3v) is 5.56. The molecule has 1 heterocycles. The number of benzene rings is 2. The van der Waals surface area contributed by atoms with Gasteiger partial charge in [-0.2, -0.15) is 0 Å². The molecule has 3 aromatic rings. The van der Waals surface area contributed by atoms with Crippen molar-refractivity contribution in [3.63, 3.8) is 0 Å². The van der Waals surface area contributed by atoms with Crippen LogP contribution >= 0.6 is 27.3 Å². The third kappa shape index (κ3) is 2.49. The second kappa shape index (κ2) is 5.62. The van der Waals surface area contributed by atoms with Gasteiger partial charge in [0.1, 0.15) is 5.75 Å². The first-order valence-electron chi connectivity index (χ1n) is 6.48. The number of carbonyl (C=O) groups excluding carboxylic acids is 1. The van der Waals surface area contributed by atoms with E-state index >= 15 is 0 Å². The Morgan fingerprint density at radius 3 is 2.48 bits per heavy atom. The summed E-state index contributed by atoms with van der Waals surface area (Å²) < 4.78 is 6.38. The first-order valence-corrected chi connectivity index (χ1v) is 8.09. The summed E-state index contributed by atoms with van der Waals surface area (Å²) in [6, 6.07) is 13.4. The molecule has 0 fully saturated rings. The molecule has 4 heteroatoms. The summed E-state index contributed by atoms with van der Waals surface area (Å²) >= 11 is 4.95. The number of ether oxygens (including phenoxy) is 1. The Hall–Kier alpha value is -1.65. The molecular formula is C17H13BrO2S. The van der Waals surface area contributed by atoms with E-state index in [1.165, 1.54) is 11.3 Å². The number of carbonyl (C=O) groups is 1. The van der Waals surface area contributed by atoms with Crippen molar-refractivity contribution in [1.29, 1.82) is 0 Å². The van der Waals surface area contributed by atoms with Gasteiger partial charge in [0, 0.05) is 10.9 Å². The Labute approximate surface area is 135 Å². The molecule has 0 saturated heterocycles. The molecule has 2 aromatic carbocycles. The van der Waals surface area contributed by atoms with E-state index in [2.05, 4.69) is 15.9 Å². The normalized spacial score (nSPS) is 10.8. The van der Waals surface area contributed by atoms with E-state index in [9.17, 15) is 4.79 Å². The van der Waals surface area contributed by atoms with Gasteiger partial charge in [-0.25, -0.2) is 0 Å². The molecule has 106 valence electrons. The smallest absolute Gasteiger partial charge is 0.203 e. The van der Waals surface area contributed by atoms with Crippen LogP contribution in [0.5, 0.6) is 5.75 Å². The third-order valence-electron chi connectivity index (χ3n) is 3.43. The Bertz CT molecular complexity index is 816. The van der Waals surface area contributed by atoms with Crippen molar-refractivity contribution in [3.8, 4) is 5.75 Å². The highest BCUT2D eigenvalue weighted by atomic mass is 79.9. The molecule has 0 spiro atoms. The minimum absolute atomic E-state index is 0.0488. The van der Waals surface area contributed by atoms with E-state index in [1.807, 2.05) is 49.4 Å². The maximum atomic E-state index is 12.8. The molecule has 0 saturated carbocycles. The van der Waals surface area contributed by atoms with Gasteiger partial charge in [0.2, 0.25) is 5.78 Å². The first kappa shape index (κ1) is 14.3. The van der Waals surface area contributed by atoms with Crippen LogP contribution < -0.4 is 4.74 Å². The molecule has 1 aromatic heterocycles. The lowest BCUT2D eigenvalue weighted by Gasteiger charge is -2.09. The fourth-order valence-corrected chi connectivity index (χ4v) is 3.84. The molecule has 0 aliphatic heterocycles. The second-order valence-electron chi connectivity index (χ2n) is 4.76. The number of rotatable bonds is 3. The van der Waals surface area contributed by atoms with E-state index in [4.69, 9.17) is 4.74 Å². The quantitative estimate of drug-likeness (QED) is 0.599. The zero-order valence-corrected chi connectivity index (χ0v) is 14.0. The number of thiophene rings is 1. The van der Waals surface area contributed by atoms with E-state index in [0.29, 0.717) is 5.56 Å². The van der Waals surface area contributed by atoms with Gasteiger partial charge in [-0.05, 0) is 52.0 Å². The number of fused-ring (bicyclic) bond motifs is 1. The van der Waals surface area contributed by atoms with Gasteiger partial charge < -0.3 is 4.74 Å². The highest BCUT2D eigenvalue weighted by Crippen LogP contribution is 2.33. The lowest BCUT2D eigenvalue weighted by atomic mass is 10.00. The summed E-state index contributed by atoms with van der Waals surface area (Å²) in [5, 5.41) is 1.88. The zero-order chi connectivity index (χ0) is 15.0. The molecule has 0 amide bonds. The monoisotopic (exact) mass is 360 g/mol. The fraction of sp³-hybridized carbons (Fsp3) is 0.118. The molecule has 21 heavy (non-hydrogen) atoms. The van der Waals surface area contributed by atoms with E-state index in [1.54, 1.807) is 7.11 Å². The molecule has 0 radical (unpaired) electrons. The fourth-order valence-electron chi connectivity index (χ4n) is 2.35. The second-order valence-corrected chi connectivity index (χ2v) is 7.13. The molecule has 0 unspecified atom stereocenters. The minimum Gasteiger partial charge on any atom is -0.496 e. The lowest BCUT2D eigenvalue weighted by Crippen LogP contribution is -2.00. The van der Waals surface area contributed by atoms with Crippen LogP contribution in [0.2, 0.25) is 0 Å². The van der Waals surface area contributed by atoms with Crippen LogP contribution in [-0.2, 0) is 0 Å². The average molecular weight is 361 g/mol. The molecule has 0 aliphatic carbocycles. The largest absolute Gasteiger partial charge is 0.496 e. The standard InChI is InChI=1S/C17H13BrO2S/c1-10-9-15(21-17(10)18)16(19)13-7-8-14(20-2)12-6-4-3-5-11(12)13/h3-9H,1-2H3. The Morgan fingerprint density at radius 2 is 1.86 bits per heavy atom. The molecule has 0 bridgehead atoms. The number of hydrogen-bond donors (Lipinski definition) is 0. The summed E-state index contributed by atoms with van der Waals surface area (Å²) in [5.74, 6) is 0.832. The predicted octanol–water partition coefficient (Wildman–Crippen LogP) is 5.21. The molecule has 3 rings (SSSR count). The number of halogens is 1. The van der Waals surface area contributed by atoms with E-state index in [-0.39, 0.29) is 5.78 Å².